The lowest BCUT2D eigenvalue weighted by atomic mass is 9.75. The third kappa shape index (κ3) is 5.22. The van der Waals surface area contributed by atoms with Gasteiger partial charge in [-0.1, -0.05) is 39.3 Å². The highest BCUT2D eigenvalue weighted by Gasteiger charge is 2.33. The molecule has 156 valence electrons. The third-order valence-corrected chi connectivity index (χ3v) is 5.63. The monoisotopic (exact) mass is 400 g/mol. The van der Waals surface area contributed by atoms with Gasteiger partial charge in [0.2, 0.25) is 0 Å². The predicted octanol–water partition coefficient (Wildman–Crippen LogP) is 2.94. The van der Waals surface area contributed by atoms with Crippen LogP contribution in [0.15, 0.2) is 35.3 Å². The zero-order valence-corrected chi connectivity index (χ0v) is 17.2. The molecule has 1 fully saturated rings. The first-order chi connectivity index (χ1) is 13.8. The molecule has 7 heteroatoms. The third-order valence-electron chi connectivity index (χ3n) is 5.63. The predicted molar refractivity (Wildman–Crippen MR) is 108 cm³/mol. The van der Waals surface area contributed by atoms with Crippen LogP contribution in [-0.2, 0) is 25.6 Å². The van der Waals surface area contributed by atoms with Gasteiger partial charge in [0.05, 0.1) is 17.2 Å². The van der Waals surface area contributed by atoms with Crippen molar-refractivity contribution in [2.45, 2.75) is 52.7 Å². The SMILES string of the molecule is CC1CCC(C(C)C)C(OC(=O)COC(=O)Cn2c(=O)cnc3ccccc32)C1. The van der Waals surface area contributed by atoms with E-state index in [1.807, 2.05) is 0 Å². The van der Waals surface area contributed by atoms with Crippen molar-refractivity contribution in [3.05, 3.63) is 40.8 Å². The van der Waals surface area contributed by atoms with Gasteiger partial charge >= 0.3 is 11.9 Å². The maximum atomic E-state index is 12.2. The summed E-state index contributed by atoms with van der Waals surface area (Å²) in [6.45, 7) is 5.70. The molecule has 29 heavy (non-hydrogen) atoms. The van der Waals surface area contributed by atoms with E-state index in [9.17, 15) is 14.4 Å². The quantitative estimate of drug-likeness (QED) is 0.693. The molecule has 2 aromatic rings. The second-order valence-corrected chi connectivity index (χ2v) is 8.19. The maximum Gasteiger partial charge on any atom is 0.344 e. The minimum atomic E-state index is -0.669. The van der Waals surface area contributed by atoms with E-state index in [4.69, 9.17) is 9.47 Å². The van der Waals surface area contributed by atoms with Crippen molar-refractivity contribution < 1.29 is 19.1 Å². The normalized spacial score (nSPS) is 21.9. The van der Waals surface area contributed by atoms with E-state index in [-0.39, 0.29) is 12.6 Å². The van der Waals surface area contributed by atoms with Gasteiger partial charge in [0.15, 0.2) is 6.61 Å². The van der Waals surface area contributed by atoms with Crippen LogP contribution in [-0.4, -0.2) is 34.2 Å². The molecule has 0 saturated heterocycles. The molecule has 0 radical (unpaired) electrons. The van der Waals surface area contributed by atoms with Crippen molar-refractivity contribution in [3.63, 3.8) is 0 Å². The Hall–Kier alpha value is -2.70. The highest BCUT2D eigenvalue weighted by molar-refractivity contribution is 5.79. The van der Waals surface area contributed by atoms with E-state index >= 15 is 0 Å². The number of hydrogen-bond donors (Lipinski definition) is 0. The first-order valence-corrected chi connectivity index (χ1v) is 10.1. The summed E-state index contributed by atoms with van der Waals surface area (Å²) in [5, 5.41) is 0. The van der Waals surface area contributed by atoms with E-state index in [0.29, 0.717) is 28.8 Å². The molecule has 0 aliphatic heterocycles. The molecule has 3 rings (SSSR count). The summed E-state index contributed by atoms with van der Waals surface area (Å²) in [6.07, 6.45) is 4.03. The topological polar surface area (TPSA) is 87.5 Å². The fourth-order valence-electron chi connectivity index (χ4n) is 4.05. The smallest absolute Gasteiger partial charge is 0.344 e. The molecule has 3 unspecified atom stereocenters. The molecule has 0 amide bonds. The molecule has 1 heterocycles. The Balaban J connectivity index is 1.58. The van der Waals surface area contributed by atoms with Crippen LogP contribution in [0.3, 0.4) is 0 Å². The number of esters is 2. The van der Waals surface area contributed by atoms with Crippen LogP contribution in [0.1, 0.15) is 40.0 Å². The zero-order chi connectivity index (χ0) is 21.0. The zero-order valence-electron chi connectivity index (χ0n) is 17.2. The van der Waals surface area contributed by atoms with Crippen LogP contribution in [0.5, 0.6) is 0 Å². The second-order valence-electron chi connectivity index (χ2n) is 8.19. The summed E-state index contributed by atoms with van der Waals surface area (Å²) < 4.78 is 12.0. The molecule has 3 atom stereocenters. The Morgan fingerprint density at radius 2 is 1.97 bits per heavy atom. The Morgan fingerprint density at radius 1 is 1.21 bits per heavy atom. The number of carbonyl (C=O) groups excluding carboxylic acids is 2. The number of benzene rings is 1. The number of rotatable bonds is 6. The number of nitrogens with zero attached hydrogens (tertiary/aromatic N) is 2. The number of ether oxygens (including phenoxy) is 2. The Morgan fingerprint density at radius 3 is 2.72 bits per heavy atom. The van der Waals surface area contributed by atoms with E-state index in [1.54, 1.807) is 24.3 Å². The minimum absolute atomic E-state index is 0.142. The summed E-state index contributed by atoms with van der Waals surface area (Å²) in [7, 11) is 0. The second kappa shape index (κ2) is 9.20. The molecule has 0 bridgehead atoms. The molecule has 1 aliphatic carbocycles. The van der Waals surface area contributed by atoms with Crippen LogP contribution in [0.2, 0.25) is 0 Å². The number of hydrogen-bond acceptors (Lipinski definition) is 6. The summed E-state index contributed by atoms with van der Waals surface area (Å²) in [6, 6.07) is 7.03. The van der Waals surface area contributed by atoms with E-state index in [1.165, 1.54) is 10.8 Å². The molecule has 1 aromatic heterocycles. The van der Waals surface area contributed by atoms with Crippen molar-refractivity contribution >= 4 is 23.0 Å². The lowest BCUT2D eigenvalue weighted by Crippen LogP contribution is -2.37. The van der Waals surface area contributed by atoms with Gasteiger partial charge in [-0.15, -0.1) is 0 Å². The number of aromatic nitrogens is 2. The molecule has 1 aromatic carbocycles. The van der Waals surface area contributed by atoms with Crippen molar-refractivity contribution in [1.29, 1.82) is 0 Å². The van der Waals surface area contributed by atoms with Crippen molar-refractivity contribution in [2.24, 2.45) is 17.8 Å². The van der Waals surface area contributed by atoms with Gasteiger partial charge in [-0.05, 0) is 42.7 Å². The Labute approximate surface area is 170 Å². The van der Waals surface area contributed by atoms with Crippen molar-refractivity contribution in [3.8, 4) is 0 Å². The van der Waals surface area contributed by atoms with E-state index in [0.717, 1.165) is 19.3 Å². The first kappa shape index (κ1) is 21.0. The summed E-state index contributed by atoms with van der Waals surface area (Å²) in [4.78, 5) is 40.6. The molecule has 0 N–H and O–H groups in total. The average Bonchev–Trinajstić information content (AvgIpc) is 2.68. The minimum Gasteiger partial charge on any atom is -0.460 e. The molecule has 0 spiro atoms. The van der Waals surface area contributed by atoms with Crippen LogP contribution >= 0.6 is 0 Å². The van der Waals surface area contributed by atoms with Gasteiger partial charge in [-0.25, -0.2) is 9.78 Å². The average molecular weight is 400 g/mol. The lowest BCUT2D eigenvalue weighted by Gasteiger charge is -2.36. The van der Waals surface area contributed by atoms with Gasteiger partial charge in [0.25, 0.3) is 5.56 Å². The van der Waals surface area contributed by atoms with E-state index < -0.39 is 24.1 Å². The highest BCUT2D eigenvalue weighted by atomic mass is 16.6. The van der Waals surface area contributed by atoms with Gasteiger partial charge in [-0.3, -0.25) is 14.2 Å². The van der Waals surface area contributed by atoms with Crippen LogP contribution in [0.4, 0.5) is 0 Å². The molecule has 7 nitrogen and oxygen atoms in total. The van der Waals surface area contributed by atoms with Crippen molar-refractivity contribution in [1.82, 2.24) is 9.55 Å². The number of para-hydroxylation sites is 2. The molecule has 1 saturated carbocycles. The summed E-state index contributed by atoms with van der Waals surface area (Å²) >= 11 is 0. The lowest BCUT2D eigenvalue weighted by molar-refractivity contribution is -0.167. The summed E-state index contributed by atoms with van der Waals surface area (Å²) in [5.41, 5.74) is 0.736. The van der Waals surface area contributed by atoms with Crippen LogP contribution in [0, 0.1) is 17.8 Å². The van der Waals surface area contributed by atoms with Crippen molar-refractivity contribution in [2.75, 3.05) is 6.61 Å². The maximum absolute atomic E-state index is 12.2. The fraction of sp³-hybridized carbons (Fsp3) is 0.545. The highest BCUT2D eigenvalue weighted by Crippen LogP contribution is 2.35. The Bertz CT molecular complexity index is 936. The van der Waals surface area contributed by atoms with Crippen LogP contribution in [0.25, 0.3) is 11.0 Å². The first-order valence-electron chi connectivity index (χ1n) is 10.1. The van der Waals surface area contributed by atoms with Crippen LogP contribution < -0.4 is 5.56 Å². The van der Waals surface area contributed by atoms with Gasteiger partial charge in [0.1, 0.15) is 12.6 Å². The summed E-state index contributed by atoms with van der Waals surface area (Å²) in [5.74, 6) is 0.0485. The fourth-order valence-corrected chi connectivity index (χ4v) is 4.05. The molecule has 1 aliphatic rings. The molecular weight excluding hydrogens is 372 g/mol. The number of carbonyl (C=O) groups is 2. The van der Waals surface area contributed by atoms with E-state index in [2.05, 4.69) is 25.8 Å². The molecular formula is C22H28N2O5. The van der Waals surface area contributed by atoms with Gasteiger partial charge in [-0.2, -0.15) is 0 Å². The van der Waals surface area contributed by atoms with Gasteiger partial charge < -0.3 is 9.47 Å². The largest absolute Gasteiger partial charge is 0.460 e. The van der Waals surface area contributed by atoms with Gasteiger partial charge in [0, 0.05) is 0 Å². The standard InChI is InChI=1S/C22H28N2O5/c1-14(2)16-9-8-15(3)10-19(16)29-22(27)13-28-21(26)12-24-18-7-5-4-6-17(18)23-11-20(24)25/h4-7,11,14-16,19H,8-10,12-13H2,1-3H3. The number of fused-ring (bicyclic) bond motifs is 1. The Kier molecular flexibility index (Phi) is 6.67.